The highest BCUT2D eigenvalue weighted by Crippen LogP contribution is 2.63. The van der Waals surface area contributed by atoms with E-state index >= 15 is 0 Å². The van der Waals surface area contributed by atoms with E-state index in [1.807, 2.05) is 0 Å². The van der Waals surface area contributed by atoms with Crippen LogP contribution in [0.4, 0.5) is 45.5 Å². The summed E-state index contributed by atoms with van der Waals surface area (Å²) in [6.45, 7) is 22.0. The molecule has 15 rings (SSSR count). The molecule has 0 radical (unpaired) electrons. The van der Waals surface area contributed by atoms with Crippen molar-refractivity contribution >= 4 is 90.5 Å². The largest absolute Gasteiger partial charge is 0.454 e. The minimum Gasteiger partial charge on any atom is -0.454 e. The van der Waals surface area contributed by atoms with Gasteiger partial charge in [-0.15, -0.1) is 0 Å². The van der Waals surface area contributed by atoms with Crippen LogP contribution in [-0.4, -0.2) is 12.3 Å². The summed E-state index contributed by atoms with van der Waals surface area (Å²) < 4.78 is 6.97. The quantitative estimate of drug-likeness (QED) is 0.155. The summed E-state index contributed by atoms with van der Waals surface area (Å²) >= 11 is 0. The molecule has 9 aromatic carbocycles. The summed E-state index contributed by atoms with van der Waals surface area (Å²) in [4.78, 5) is 8.07. The fraction of sp³-hybridized carbons (Fsp3) is 0.270. The Kier molecular flexibility index (Phi) is 10.3. The van der Waals surface area contributed by atoms with Crippen molar-refractivity contribution in [1.29, 1.82) is 0 Å². The molecule has 5 heteroatoms. The molecule has 2 unspecified atom stereocenters. The van der Waals surface area contributed by atoms with E-state index in [-0.39, 0.29) is 33.9 Å². The molecule has 2 aliphatic carbocycles. The van der Waals surface area contributed by atoms with Crippen LogP contribution in [-0.2, 0) is 21.7 Å². The lowest BCUT2D eigenvalue weighted by molar-refractivity contribution is 0.195. The molecule has 10 aromatic rings. The third-order valence-electron chi connectivity index (χ3n) is 20.2. The first-order valence-corrected chi connectivity index (χ1v) is 29.2. The lowest BCUT2D eigenvalue weighted by Crippen LogP contribution is -2.64. The topological polar surface area (TPSA) is 22.9 Å². The number of furan rings is 1. The average molecular weight is 1030 g/mol. The Morgan fingerprint density at radius 1 is 0.494 bits per heavy atom. The summed E-state index contributed by atoms with van der Waals surface area (Å²) in [7, 11) is 0. The highest BCUT2D eigenvalue weighted by molar-refractivity contribution is 7.00. The van der Waals surface area contributed by atoms with Gasteiger partial charge >= 0.3 is 0 Å². The minimum atomic E-state index is -0.107. The molecule has 1 saturated carbocycles. The van der Waals surface area contributed by atoms with Crippen LogP contribution in [0, 0.1) is 0 Å². The van der Waals surface area contributed by atoms with Gasteiger partial charge in [-0.2, -0.15) is 0 Å². The number of hydrogen-bond acceptors (Lipinski definition) is 4. The SMILES string of the molecule is CC(C)(C)c1ccc(N(c2ccc3c(c2)N(c2cc4c(cc2-c2ccccc2)C(C)(C)CCC4(C)C)c2cc(-c4ccccc4)cc4c2B3c2cccc3c2N4C2(C)CCCCC32C)c2cccc3c2oc2ccccc23)cc1. The van der Waals surface area contributed by atoms with Crippen molar-refractivity contribution in [3.8, 4) is 22.3 Å². The van der Waals surface area contributed by atoms with E-state index in [0.717, 1.165) is 58.3 Å². The number of para-hydroxylation sites is 3. The molecular formula is C74H70BN3O. The first-order chi connectivity index (χ1) is 38.0. The van der Waals surface area contributed by atoms with Gasteiger partial charge in [0.1, 0.15) is 5.58 Å². The van der Waals surface area contributed by atoms with Gasteiger partial charge in [0.15, 0.2) is 5.58 Å². The maximum atomic E-state index is 6.97. The van der Waals surface area contributed by atoms with Crippen LogP contribution >= 0.6 is 0 Å². The molecule has 79 heavy (non-hydrogen) atoms. The normalized spacial score (nSPS) is 20.1. The number of nitrogens with zero attached hydrogens (tertiary/aromatic N) is 3. The Labute approximate surface area is 467 Å². The molecule has 0 amide bonds. The van der Waals surface area contributed by atoms with E-state index in [0.29, 0.717) is 0 Å². The lowest BCUT2D eigenvalue weighted by Gasteiger charge is -2.53. The fourth-order valence-electron chi connectivity index (χ4n) is 15.5. The molecule has 4 heterocycles. The Morgan fingerprint density at radius 2 is 1.14 bits per heavy atom. The standard InChI is InChI=1S/C74H70BN3O/c1-70(2,3)50-32-34-51(35-33-50)76(61-30-20-27-54-53-26-16-17-31-66(53)79-69(54)61)52-36-37-59-63(44-52)77(62-46-58-57(71(4,5)40-41-72(58,6)7)45-55(62)48-24-14-11-15-25-48)64-42-49(47-22-12-10-13-23-47)43-65-67(64)75(59)60-29-21-28-56-68(60)78(65)74(9)39-19-18-38-73(56,74)8/h10-17,20-37,42-46H,18-19,38-41H2,1-9H3. The minimum absolute atomic E-state index is 0.00575. The van der Waals surface area contributed by atoms with Gasteiger partial charge in [0.05, 0.1) is 16.9 Å². The van der Waals surface area contributed by atoms with E-state index in [1.54, 1.807) is 0 Å². The van der Waals surface area contributed by atoms with E-state index in [2.05, 4.69) is 265 Å². The van der Waals surface area contributed by atoms with Crippen molar-refractivity contribution in [3.63, 3.8) is 0 Å². The molecule has 390 valence electrons. The van der Waals surface area contributed by atoms with Crippen molar-refractivity contribution in [1.82, 2.24) is 0 Å². The van der Waals surface area contributed by atoms with Gasteiger partial charge in [0.2, 0.25) is 0 Å². The Bertz CT molecular complexity index is 4130. The summed E-state index contributed by atoms with van der Waals surface area (Å²) in [5, 5.41) is 2.23. The van der Waals surface area contributed by atoms with Gasteiger partial charge < -0.3 is 19.1 Å². The third-order valence-corrected chi connectivity index (χ3v) is 20.2. The van der Waals surface area contributed by atoms with E-state index in [4.69, 9.17) is 4.42 Å². The fourth-order valence-corrected chi connectivity index (χ4v) is 15.5. The summed E-state index contributed by atoms with van der Waals surface area (Å²) in [5.41, 5.74) is 26.1. The van der Waals surface area contributed by atoms with Gasteiger partial charge in [-0.25, -0.2) is 0 Å². The molecule has 4 nitrogen and oxygen atoms in total. The Balaban J connectivity index is 1.08. The monoisotopic (exact) mass is 1030 g/mol. The van der Waals surface area contributed by atoms with Crippen LogP contribution in [0.5, 0.6) is 0 Å². The highest BCUT2D eigenvalue weighted by atomic mass is 16.3. The number of anilines is 8. The first-order valence-electron chi connectivity index (χ1n) is 29.2. The van der Waals surface area contributed by atoms with Crippen molar-refractivity contribution in [2.45, 2.75) is 128 Å². The van der Waals surface area contributed by atoms with Gasteiger partial charge in [-0.3, -0.25) is 0 Å². The molecule has 0 spiro atoms. The van der Waals surface area contributed by atoms with Gasteiger partial charge in [-0.1, -0.05) is 196 Å². The zero-order chi connectivity index (χ0) is 54.0. The van der Waals surface area contributed by atoms with Crippen molar-refractivity contribution < 1.29 is 4.42 Å². The smallest absolute Gasteiger partial charge is 0.252 e. The number of fused-ring (bicyclic) bond motifs is 11. The number of hydrogen-bond donors (Lipinski definition) is 0. The van der Waals surface area contributed by atoms with Crippen LogP contribution in [0.3, 0.4) is 0 Å². The maximum Gasteiger partial charge on any atom is 0.252 e. The summed E-state index contributed by atoms with van der Waals surface area (Å²) in [6, 6.07) is 72.0. The zero-order valence-corrected chi connectivity index (χ0v) is 47.5. The molecule has 1 aromatic heterocycles. The maximum absolute atomic E-state index is 6.97. The van der Waals surface area contributed by atoms with Crippen LogP contribution in [0.15, 0.2) is 192 Å². The van der Waals surface area contributed by atoms with Gasteiger partial charge in [-0.05, 0) is 165 Å². The van der Waals surface area contributed by atoms with Crippen LogP contribution in [0.2, 0.25) is 0 Å². The molecule has 0 saturated heterocycles. The molecule has 0 bridgehead atoms. The molecule has 3 aliphatic heterocycles. The first kappa shape index (κ1) is 48.4. The molecule has 0 N–H and O–H groups in total. The van der Waals surface area contributed by atoms with Crippen LogP contribution < -0.4 is 31.1 Å². The molecule has 2 atom stereocenters. The second-order valence-electron chi connectivity index (χ2n) is 26.6. The number of benzene rings is 9. The number of rotatable bonds is 6. The predicted octanol–water partition coefficient (Wildman–Crippen LogP) is 18.4. The highest BCUT2D eigenvalue weighted by Gasteiger charge is 2.61. The summed E-state index contributed by atoms with van der Waals surface area (Å²) in [6.07, 6.45) is 7.07. The van der Waals surface area contributed by atoms with E-state index < -0.39 is 0 Å². The Morgan fingerprint density at radius 3 is 1.89 bits per heavy atom. The average Bonchev–Trinajstić information content (AvgIpc) is 3.03. The second kappa shape index (κ2) is 16.9. The summed E-state index contributed by atoms with van der Waals surface area (Å²) in [5.74, 6) is 0. The second-order valence-corrected chi connectivity index (χ2v) is 26.6. The van der Waals surface area contributed by atoms with Crippen molar-refractivity contribution in [2.24, 2.45) is 0 Å². The molecule has 1 fully saturated rings. The van der Waals surface area contributed by atoms with Gasteiger partial charge in [0.25, 0.3) is 6.71 Å². The van der Waals surface area contributed by atoms with Crippen molar-refractivity contribution in [2.75, 3.05) is 14.7 Å². The predicted molar refractivity (Wildman–Crippen MR) is 335 cm³/mol. The molecular weight excluding hydrogens is 958 g/mol. The van der Waals surface area contributed by atoms with E-state index in [1.165, 1.54) is 109 Å². The van der Waals surface area contributed by atoms with E-state index in [9.17, 15) is 0 Å². The van der Waals surface area contributed by atoms with Crippen LogP contribution in [0.25, 0.3) is 44.2 Å². The molecule has 5 aliphatic rings. The van der Waals surface area contributed by atoms with Crippen molar-refractivity contribution in [3.05, 3.63) is 210 Å². The zero-order valence-electron chi connectivity index (χ0n) is 47.5. The van der Waals surface area contributed by atoms with Crippen LogP contribution in [0.1, 0.15) is 123 Å². The third kappa shape index (κ3) is 6.93. The van der Waals surface area contributed by atoms with Gasteiger partial charge in [0, 0.05) is 55.9 Å². The Hall–Kier alpha value is -7.76. The lowest BCUT2D eigenvalue weighted by atomic mass is 9.33.